The maximum Gasteiger partial charge on any atom is 0.244 e. The molecule has 0 saturated heterocycles. The zero-order valence-corrected chi connectivity index (χ0v) is 15.3. The van der Waals surface area contributed by atoms with Gasteiger partial charge >= 0.3 is 0 Å². The predicted molar refractivity (Wildman–Crippen MR) is 104 cm³/mol. The second-order valence-electron chi connectivity index (χ2n) is 5.76. The minimum absolute atomic E-state index is 0.176. The van der Waals surface area contributed by atoms with Gasteiger partial charge in [0, 0.05) is 25.0 Å². The van der Waals surface area contributed by atoms with Gasteiger partial charge in [-0.3, -0.25) is 4.79 Å². The van der Waals surface area contributed by atoms with Crippen molar-refractivity contribution in [3.05, 3.63) is 78.4 Å². The Balaban J connectivity index is 1.65. The first kappa shape index (κ1) is 18.3. The number of nitrogens with zero attached hydrogens (tertiary/aromatic N) is 2. The van der Waals surface area contributed by atoms with Gasteiger partial charge in [0.1, 0.15) is 0 Å². The molecule has 0 aliphatic heterocycles. The van der Waals surface area contributed by atoms with Crippen LogP contribution < -0.4 is 14.8 Å². The van der Waals surface area contributed by atoms with E-state index in [2.05, 4.69) is 10.3 Å². The van der Waals surface area contributed by atoms with Gasteiger partial charge in [-0.05, 0) is 35.4 Å². The first-order valence-electron chi connectivity index (χ1n) is 8.45. The van der Waals surface area contributed by atoms with E-state index in [4.69, 9.17) is 9.47 Å². The van der Waals surface area contributed by atoms with Crippen LogP contribution in [0, 0.1) is 0 Å². The van der Waals surface area contributed by atoms with Crippen molar-refractivity contribution >= 4 is 12.0 Å². The highest BCUT2D eigenvalue weighted by atomic mass is 16.5. The van der Waals surface area contributed by atoms with Gasteiger partial charge < -0.3 is 19.4 Å². The largest absolute Gasteiger partial charge is 0.493 e. The number of para-hydroxylation sites is 1. The highest BCUT2D eigenvalue weighted by Gasteiger charge is 2.06. The van der Waals surface area contributed by atoms with E-state index in [-0.39, 0.29) is 5.91 Å². The molecule has 138 valence electrons. The smallest absolute Gasteiger partial charge is 0.244 e. The molecule has 0 aliphatic carbocycles. The first-order chi connectivity index (χ1) is 13.2. The number of nitrogens with one attached hydrogen (secondary N) is 1. The van der Waals surface area contributed by atoms with Crippen LogP contribution in [0.2, 0.25) is 0 Å². The molecule has 0 spiro atoms. The normalized spacial score (nSPS) is 10.7. The van der Waals surface area contributed by atoms with Crippen LogP contribution in [0.1, 0.15) is 11.1 Å². The topological polar surface area (TPSA) is 65.4 Å². The van der Waals surface area contributed by atoms with Gasteiger partial charge in [0.15, 0.2) is 11.5 Å². The molecule has 0 saturated carbocycles. The SMILES string of the molecule is COc1ccc(/C=C/C(=O)NCc2ccccc2-n2ccnc2)cc1OC. The summed E-state index contributed by atoms with van der Waals surface area (Å²) in [6.07, 6.45) is 8.57. The molecule has 0 radical (unpaired) electrons. The lowest BCUT2D eigenvalue weighted by atomic mass is 10.1. The number of methoxy groups -OCH3 is 2. The lowest BCUT2D eigenvalue weighted by Gasteiger charge is -2.10. The van der Waals surface area contributed by atoms with Crippen molar-refractivity contribution in [2.75, 3.05) is 14.2 Å². The van der Waals surface area contributed by atoms with Crippen molar-refractivity contribution in [2.24, 2.45) is 0 Å². The predicted octanol–water partition coefficient (Wildman–Crippen LogP) is 3.22. The van der Waals surface area contributed by atoms with Crippen molar-refractivity contribution in [2.45, 2.75) is 6.54 Å². The van der Waals surface area contributed by atoms with Crippen LogP contribution in [-0.2, 0) is 11.3 Å². The molecule has 3 aromatic rings. The number of carbonyl (C=O) groups excluding carboxylic acids is 1. The van der Waals surface area contributed by atoms with Crippen molar-refractivity contribution in [1.29, 1.82) is 0 Å². The van der Waals surface area contributed by atoms with E-state index in [1.165, 1.54) is 6.08 Å². The van der Waals surface area contributed by atoms with Crippen LogP contribution in [0.4, 0.5) is 0 Å². The van der Waals surface area contributed by atoms with Crippen LogP contribution in [0.25, 0.3) is 11.8 Å². The summed E-state index contributed by atoms with van der Waals surface area (Å²) < 4.78 is 12.4. The Hall–Kier alpha value is -3.54. The minimum atomic E-state index is -0.176. The summed E-state index contributed by atoms with van der Waals surface area (Å²) in [6.45, 7) is 0.420. The quantitative estimate of drug-likeness (QED) is 0.655. The fourth-order valence-electron chi connectivity index (χ4n) is 2.68. The second-order valence-corrected chi connectivity index (χ2v) is 5.76. The third-order valence-corrected chi connectivity index (χ3v) is 4.06. The number of imidazole rings is 1. The highest BCUT2D eigenvalue weighted by Crippen LogP contribution is 2.27. The first-order valence-corrected chi connectivity index (χ1v) is 8.45. The van der Waals surface area contributed by atoms with Gasteiger partial charge in [-0.15, -0.1) is 0 Å². The number of amides is 1. The van der Waals surface area contributed by atoms with Gasteiger partial charge in [-0.2, -0.15) is 0 Å². The van der Waals surface area contributed by atoms with E-state index in [9.17, 15) is 4.79 Å². The lowest BCUT2D eigenvalue weighted by molar-refractivity contribution is -0.116. The Morgan fingerprint density at radius 1 is 1.15 bits per heavy atom. The third kappa shape index (κ3) is 4.55. The van der Waals surface area contributed by atoms with Crippen molar-refractivity contribution in [3.8, 4) is 17.2 Å². The molecular weight excluding hydrogens is 342 g/mol. The summed E-state index contributed by atoms with van der Waals surface area (Å²) >= 11 is 0. The monoisotopic (exact) mass is 363 g/mol. The second kappa shape index (κ2) is 8.71. The number of aromatic nitrogens is 2. The zero-order chi connectivity index (χ0) is 19.1. The van der Waals surface area contributed by atoms with E-state index < -0.39 is 0 Å². The molecule has 1 amide bonds. The Labute approximate surface area is 158 Å². The maximum absolute atomic E-state index is 12.2. The van der Waals surface area contributed by atoms with E-state index in [1.807, 2.05) is 47.2 Å². The van der Waals surface area contributed by atoms with Crippen LogP contribution in [0.3, 0.4) is 0 Å². The average Bonchev–Trinajstić information content (AvgIpc) is 3.25. The summed E-state index contributed by atoms with van der Waals surface area (Å²) in [7, 11) is 3.16. The fourth-order valence-corrected chi connectivity index (χ4v) is 2.68. The van der Waals surface area contributed by atoms with Crippen LogP contribution in [-0.4, -0.2) is 29.7 Å². The summed E-state index contributed by atoms with van der Waals surface area (Å²) in [5.41, 5.74) is 2.84. The van der Waals surface area contributed by atoms with E-state index >= 15 is 0 Å². The highest BCUT2D eigenvalue weighted by molar-refractivity contribution is 5.91. The van der Waals surface area contributed by atoms with E-state index in [0.29, 0.717) is 18.0 Å². The molecule has 6 heteroatoms. The van der Waals surface area contributed by atoms with Gasteiger partial charge in [-0.25, -0.2) is 4.98 Å². The van der Waals surface area contributed by atoms with Crippen molar-refractivity contribution in [3.63, 3.8) is 0 Å². The molecule has 6 nitrogen and oxygen atoms in total. The molecular formula is C21H21N3O3. The molecule has 0 bridgehead atoms. The molecule has 0 unspecified atom stereocenters. The number of benzene rings is 2. The van der Waals surface area contributed by atoms with E-state index in [1.54, 1.807) is 38.9 Å². The molecule has 0 fully saturated rings. The molecule has 3 rings (SSSR count). The van der Waals surface area contributed by atoms with Crippen molar-refractivity contribution in [1.82, 2.24) is 14.9 Å². The van der Waals surface area contributed by atoms with Gasteiger partial charge in [0.25, 0.3) is 0 Å². The molecule has 1 N–H and O–H groups in total. The molecule has 0 aliphatic rings. The summed E-state index contributed by atoms with van der Waals surface area (Å²) in [5.74, 6) is 1.09. The Bertz CT molecular complexity index is 934. The van der Waals surface area contributed by atoms with Gasteiger partial charge in [0.2, 0.25) is 5.91 Å². The van der Waals surface area contributed by atoms with Gasteiger partial charge in [0.05, 0.1) is 26.2 Å². The summed E-state index contributed by atoms with van der Waals surface area (Å²) in [5, 5.41) is 2.91. The van der Waals surface area contributed by atoms with Crippen molar-refractivity contribution < 1.29 is 14.3 Å². The summed E-state index contributed by atoms with van der Waals surface area (Å²) in [4.78, 5) is 16.3. The number of carbonyl (C=O) groups is 1. The van der Waals surface area contributed by atoms with Gasteiger partial charge in [-0.1, -0.05) is 24.3 Å². The Morgan fingerprint density at radius 2 is 1.96 bits per heavy atom. The number of hydrogen-bond acceptors (Lipinski definition) is 4. The Morgan fingerprint density at radius 3 is 2.70 bits per heavy atom. The molecule has 0 atom stereocenters. The third-order valence-electron chi connectivity index (χ3n) is 4.06. The summed E-state index contributed by atoms with van der Waals surface area (Å²) in [6, 6.07) is 13.4. The number of hydrogen-bond donors (Lipinski definition) is 1. The maximum atomic E-state index is 12.2. The molecule has 1 aromatic heterocycles. The molecule has 27 heavy (non-hydrogen) atoms. The fraction of sp³-hybridized carbons (Fsp3) is 0.143. The molecule has 1 heterocycles. The minimum Gasteiger partial charge on any atom is -0.493 e. The van der Waals surface area contributed by atoms with Crippen LogP contribution in [0.5, 0.6) is 11.5 Å². The number of rotatable bonds is 7. The Kier molecular flexibility index (Phi) is 5.89. The molecule has 2 aromatic carbocycles. The average molecular weight is 363 g/mol. The van der Waals surface area contributed by atoms with E-state index in [0.717, 1.165) is 16.8 Å². The lowest BCUT2D eigenvalue weighted by Crippen LogP contribution is -2.21. The number of ether oxygens (including phenoxy) is 2. The standard InChI is InChI=1S/C21H21N3O3/c1-26-19-9-7-16(13-20(19)27-2)8-10-21(25)23-14-17-5-3-4-6-18(17)24-12-11-22-15-24/h3-13,15H,14H2,1-2H3,(H,23,25)/b10-8+. The van der Waals surface area contributed by atoms with Crippen LogP contribution >= 0.6 is 0 Å². The van der Waals surface area contributed by atoms with Crippen LogP contribution in [0.15, 0.2) is 67.3 Å². The zero-order valence-electron chi connectivity index (χ0n) is 15.3.